The Bertz CT molecular complexity index is 475. The standard InChI is InChI=1S/C9H8BrF.C6H6.C2H4O2/c10-7-3-1-6(2-4-7)8-5-9(8)11;1-2-4-6-5-3-1;1-4-2-3/h1-4,8-9H,5H2;1-6H;2H,1H3. The van der Waals surface area contributed by atoms with Crippen molar-refractivity contribution in [2.45, 2.75) is 18.5 Å². The predicted molar refractivity (Wildman–Crippen MR) is 85.9 cm³/mol. The number of alkyl halides is 1. The van der Waals surface area contributed by atoms with Crippen LogP contribution < -0.4 is 0 Å². The van der Waals surface area contributed by atoms with Crippen LogP contribution in [-0.4, -0.2) is 19.8 Å². The molecule has 0 amide bonds. The van der Waals surface area contributed by atoms with E-state index in [9.17, 15) is 4.39 Å². The van der Waals surface area contributed by atoms with Crippen molar-refractivity contribution in [3.63, 3.8) is 0 Å². The van der Waals surface area contributed by atoms with E-state index in [-0.39, 0.29) is 5.92 Å². The number of methoxy groups -OCH3 is 1. The van der Waals surface area contributed by atoms with Gasteiger partial charge in [0.2, 0.25) is 0 Å². The van der Waals surface area contributed by atoms with Gasteiger partial charge in [-0.2, -0.15) is 0 Å². The number of ether oxygens (including phenoxy) is 1. The number of carbonyl (C=O) groups excluding carboxylic acids is 1. The molecular weight excluding hydrogens is 335 g/mol. The van der Waals surface area contributed by atoms with Crippen molar-refractivity contribution < 1.29 is 13.9 Å². The number of benzene rings is 2. The minimum atomic E-state index is -0.587. The Balaban J connectivity index is 0.000000187. The molecule has 2 aromatic carbocycles. The van der Waals surface area contributed by atoms with Gasteiger partial charge in [-0.05, 0) is 24.1 Å². The Labute approximate surface area is 133 Å². The molecule has 21 heavy (non-hydrogen) atoms. The lowest BCUT2D eigenvalue weighted by Gasteiger charge is -1.95. The van der Waals surface area contributed by atoms with Crippen LogP contribution in [0.1, 0.15) is 17.9 Å². The highest BCUT2D eigenvalue weighted by molar-refractivity contribution is 9.10. The van der Waals surface area contributed by atoms with Crippen LogP contribution in [0, 0.1) is 0 Å². The molecule has 0 aromatic heterocycles. The number of rotatable bonds is 2. The minimum absolute atomic E-state index is 0.183. The molecule has 0 radical (unpaired) electrons. The highest BCUT2D eigenvalue weighted by Gasteiger charge is 2.38. The normalized spacial score (nSPS) is 18.2. The summed E-state index contributed by atoms with van der Waals surface area (Å²) in [6, 6.07) is 19.9. The van der Waals surface area contributed by atoms with Gasteiger partial charge in [-0.1, -0.05) is 64.5 Å². The van der Waals surface area contributed by atoms with E-state index in [0.29, 0.717) is 12.9 Å². The molecule has 0 aliphatic heterocycles. The molecule has 112 valence electrons. The molecule has 4 heteroatoms. The van der Waals surface area contributed by atoms with Crippen LogP contribution in [0.5, 0.6) is 0 Å². The maximum absolute atomic E-state index is 12.6. The van der Waals surface area contributed by atoms with Crippen LogP contribution >= 0.6 is 15.9 Å². The van der Waals surface area contributed by atoms with Crippen molar-refractivity contribution in [1.29, 1.82) is 0 Å². The number of halogens is 2. The maximum atomic E-state index is 12.6. The van der Waals surface area contributed by atoms with Crippen LogP contribution in [0.3, 0.4) is 0 Å². The minimum Gasteiger partial charge on any atom is -0.471 e. The Hall–Kier alpha value is -1.68. The van der Waals surface area contributed by atoms with Crippen molar-refractivity contribution in [2.75, 3.05) is 7.11 Å². The van der Waals surface area contributed by atoms with E-state index in [0.717, 1.165) is 10.0 Å². The molecule has 1 fully saturated rings. The molecule has 1 aliphatic rings. The van der Waals surface area contributed by atoms with Gasteiger partial charge in [0.05, 0.1) is 7.11 Å². The van der Waals surface area contributed by atoms with Crippen molar-refractivity contribution in [1.82, 2.24) is 0 Å². The summed E-state index contributed by atoms with van der Waals surface area (Å²) in [6.07, 6.45) is 0.123. The molecular formula is C17H18BrFO2. The summed E-state index contributed by atoms with van der Waals surface area (Å²) < 4.78 is 17.5. The van der Waals surface area contributed by atoms with Gasteiger partial charge in [0.1, 0.15) is 6.17 Å². The van der Waals surface area contributed by atoms with Crippen molar-refractivity contribution in [3.05, 3.63) is 70.7 Å². The average Bonchev–Trinajstić information content (AvgIpc) is 3.27. The smallest absolute Gasteiger partial charge is 0.292 e. The topological polar surface area (TPSA) is 26.3 Å². The molecule has 2 aromatic rings. The molecule has 2 nitrogen and oxygen atoms in total. The zero-order valence-corrected chi connectivity index (χ0v) is 13.4. The van der Waals surface area contributed by atoms with Gasteiger partial charge in [-0.15, -0.1) is 0 Å². The first-order chi connectivity index (χ1) is 10.2. The molecule has 0 heterocycles. The van der Waals surface area contributed by atoms with Crippen LogP contribution in [0.15, 0.2) is 65.1 Å². The van der Waals surface area contributed by atoms with E-state index in [1.165, 1.54) is 7.11 Å². The van der Waals surface area contributed by atoms with E-state index in [1.807, 2.05) is 60.7 Å². The third-order valence-corrected chi connectivity index (χ3v) is 3.30. The maximum Gasteiger partial charge on any atom is 0.292 e. The summed E-state index contributed by atoms with van der Waals surface area (Å²) in [6.45, 7) is 0.375. The van der Waals surface area contributed by atoms with Gasteiger partial charge in [-0.3, -0.25) is 4.79 Å². The van der Waals surface area contributed by atoms with Gasteiger partial charge in [0, 0.05) is 10.4 Å². The molecule has 2 unspecified atom stereocenters. The second-order valence-corrected chi connectivity index (χ2v) is 5.31. The van der Waals surface area contributed by atoms with Gasteiger partial charge in [0.15, 0.2) is 0 Å². The van der Waals surface area contributed by atoms with Crippen LogP contribution in [0.25, 0.3) is 0 Å². The summed E-state index contributed by atoms with van der Waals surface area (Å²) in [4.78, 5) is 8.95. The van der Waals surface area contributed by atoms with Gasteiger partial charge >= 0.3 is 0 Å². The fourth-order valence-electron chi connectivity index (χ4n) is 1.60. The Morgan fingerprint density at radius 3 is 1.76 bits per heavy atom. The SMILES string of the molecule is COC=O.FC1CC1c1ccc(Br)cc1.c1ccccc1. The Kier molecular flexibility index (Phi) is 8.36. The van der Waals surface area contributed by atoms with E-state index in [2.05, 4.69) is 20.7 Å². The zero-order chi connectivity index (χ0) is 15.5. The number of carbonyl (C=O) groups is 1. The summed E-state index contributed by atoms with van der Waals surface area (Å²) in [7, 11) is 1.31. The average molecular weight is 353 g/mol. The van der Waals surface area contributed by atoms with E-state index in [4.69, 9.17) is 4.79 Å². The molecule has 0 saturated heterocycles. The second kappa shape index (κ2) is 10.1. The fraction of sp³-hybridized carbons (Fsp3) is 0.235. The first kappa shape index (κ1) is 17.4. The lowest BCUT2D eigenvalue weighted by molar-refractivity contribution is -0.126. The Morgan fingerprint density at radius 2 is 1.48 bits per heavy atom. The van der Waals surface area contributed by atoms with Gasteiger partial charge in [0.25, 0.3) is 6.47 Å². The van der Waals surface area contributed by atoms with Crippen molar-refractivity contribution in [3.8, 4) is 0 Å². The molecule has 2 atom stereocenters. The summed E-state index contributed by atoms with van der Waals surface area (Å²) in [5, 5.41) is 0. The largest absolute Gasteiger partial charge is 0.471 e. The first-order valence-corrected chi connectivity index (χ1v) is 7.34. The number of hydrogen-bond acceptors (Lipinski definition) is 2. The zero-order valence-electron chi connectivity index (χ0n) is 11.8. The first-order valence-electron chi connectivity index (χ1n) is 6.55. The van der Waals surface area contributed by atoms with Crippen LogP contribution in [0.2, 0.25) is 0 Å². The molecule has 0 N–H and O–H groups in total. The van der Waals surface area contributed by atoms with E-state index < -0.39 is 6.17 Å². The molecule has 0 spiro atoms. The summed E-state index contributed by atoms with van der Waals surface area (Å²) in [5.41, 5.74) is 1.13. The monoisotopic (exact) mass is 352 g/mol. The van der Waals surface area contributed by atoms with E-state index in [1.54, 1.807) is 0 Å². The van der Waals surface area contributed by atoms with Crippen molar-refractivity contribution in [2.24, 2.45) is 0 Å². The summed E-state index contributed by atoms with van der Waals surface area (Å²) in [5.74, 6) is 0.183. The molecule has 1 aliphatic carbocycles. The highest BCUT2D eigenvalue weighted by Crippen LogP contribution is 2.43. The molecule has 1 saturated carbocycles. The molecule has 3 rings (SSSR count). The number of hydrogen-bond donors (Lipinski definition) is 0. The fourth-order valence-corrected chi connectivity index (χ4v) is 1.87. The lowest BCUT2D eigenvalue weighted by Crippen LogP contribution is -1.80. The second-order valence-electron chi connectivity index (χ2n) is 4.40. The van der Waals surface area contributed by atoms with Gasteiger partial charge in [-0.25, -0.2) is 4.39 Å². The van der Waals surface area contributed by atoms with Crippen LogP contribution in [0.4, 0.5) is 4.39 Å². The van der Waals surface area contributed by atoms with Gasteiger partial charge < -0.3 is 4.74 Å². The Morgan fingerprint density at radius 1 is 1.10 bits per heavy atom. The summed E-state index contributed by atoms with van der Waals surface area (Å²) >= 11 is 3.34. The van der Waals surface area contributed by atoms with Crippen LogP contribution in [-0.2, 0) is 9.53 Å². The predicted octanol–water partition coefficient (Wildman–Crippen LogP) is 4.75. The third-order valence-electron chi connectivity index (χ3n) is 2.77. The molecule has 0 bridgehead atoms. The lowest BCUT2D eigenvalue weighted by atomic mass is 10.1. The third kappa shape index (κ3) is 7.61. The highest BCUT2D eigenvalue weighted by atomic mass is 79.9. The quantitative estimate of drug-likeness (QED) is 0.729. The van der Waals surface area contributed by atoms with E-state index >= 15 is 0 Å². The van der Waals surface area contributed by atoms with Crippen molar-refractivity contribution >= 4 is 22.4 Å².